The molecule has 0 heterocycles. The third-order valence-corrected chi connectivity index (χ3v) is 6.17. The number of methoxy groups -OCH3 is 2. The maximum Gasteiger partial charge on any atom is 0.188 e. The normalized spacial score (nSPS) is 11.8. The Bertz CT molecular complexity index is 211. The van der Waals surface area contributed by atoms with E-state index >= 15 is 0 Å². The van der Waals surface area contributed by atoms with Crippen LogP contribution in [0.5, 0.6) is 0 Å². The summed E-state index contributed by atoms with van der Waals surface area (Å²) in [6, 6.07) is 1.18. The molecular formula is C14H30O3SSi. The Balaban J connectivity index is 3.29. The topological polar surface area (TPSA) is 35.5 Å². The zero-order valence-corrected chi connectivity index (χ0v) is 15.0. The van der Waals surface area contributed by atoms with E-state index in [2.05, 4.69) is 6.92 Å². The molecule has 0 aliphatic carbocycles. The van der Waals surface area contributed by atoms with Crippen LogP contribution < -0.4 is 0 Å². The van der Waals surface area contributed by atoms with Crippen LogP contribution in [-0.4, -0.2) is 40.5 Å². The van der Waals surface area contributed by atoms with Crippen LogP contribution in [-0.2, 0) is 14.3 Å². The second-order valence-electron chi connectivity index (χ2n) is 4.78. The lowest BCUT2D eigenvalue weighted by Crippen LogP contribution is -2.21. The molecule has 114 valence electrons. The van der Waals surface area contributed by atoms with Crippen molar-refractivity contribution in [3.63, 3.8) is 0 Å². The van der Waals surface area contributed by atoms with Crippen LogP contribution >= 0.6 is 11.8 Å². The Labute approximate surface area is 125 Å². The first-order valence-electron chi connectivity index (χ1n) is 7.45. The molecule has 0 aromatic heterocycles. The van der Waals surface area contributed by atoms with Gasteiger partial charge in [-0.05, 0) is 12.8 Å². The minimum atomic E-state index is -0.314. The Hall–Kier alpha value is 0.157. The average molecular weight is 307 g/mol. The summed E-state index contributed by atoms with van der Waals surface area (Å²) in [5, 5.41) is 0.369. The monoisotopic (exact) mass is 306 g/mol. The van der Waals surface area contributed by atoms with Crippen LogP contribution in [0.3, 0.4) is 0 Å². The molecule has 0 saturated carbocycles. The van der Waals surface area contributed by atoms with Crippen LogP contribution in [0.2, 0.25) is 6.04 Å². The fourth-order valence-electron chi connectivity index (χ4n) is 1.88. The molecule has 0 saturated heterocycles. The van der Waals surface area contributed by atoms with Gasteiger partial charge in [-0.15, -0.1) is 0 Å². The predicted octanol–water partition coefficient (Wildman–Crippen LogP) is 3.16. The highest BCUT2D eigenvalue weighted by Crippen LogP contribution is 2.13. The van der Waals surface area contributed by atoms with Crippen molar-refractivity contribution >= 4 is 26.4 Å². The lowest BCUT2D eigenvalue weighted by atomic mass is 10.1. The van der Waals surface area contributed by atoms with Crippen molar-refractivity contribution in [2.24, 2.45) is 0 Å². The highest BCUT2D eigenvalue weighted by Gasteiger charge is 2.06. The van der Waals surface area contributed by atoms with Gasteiger partial charge in [0.05, 0.1) is 9.52 Å². The second-order valence-corrected chi connectivity index (χ2v) is 7.88. The molecule has 0 aromatic rings. The highest BCUT2D eigenvalue weighted by molar-refractivity contribution is 8.13. The molecule has 0 spiro atoms. The number of rotatable bonds is 13. The highest BCUT2D eigenvalue weighted by atomic mass is 32.2. The van der Waals surface area contributed by atoms with Crippen molar-refractivity contribution in [1.29, 1.82) is 0 Å². The molecule has 5 heteroatoms. The first kappa shape index (κ1) is 19.2. The van der Waals surface area contributed by atoms with Crippen LogP contribution in [0.25, 0.3) is 0 Å². The van der Waals surface area contributed by atoms with Gasteiger partial charge in [0.15, 0.2) is 5.12 Å². The van der Waals surface area contributed by atoms with E-state index in [1.807, 2.05) is 0 Å². The van der Waals surface area contributed by atoms with Gasteiger partial charge in [-0.3, -0.25) is 4.79 Å². The van der Waals surface area contributed by atoms with Crippen LogP contribution in [0.1, 0.15) is 51.9 Å². The molecule has 19 heavy (non-hydrogen) atoms. The summed E-state index contributed by atoms with van der Waals surface area (Å²) in [5.74, 6) is 1.00. The summed E-state index contributed by atoms with van der Waals surface area (Å²) in [7, 11) is 3.07. The van der Waals surface area contributed by atoms with Gasteiger partial charge < -0.3 is 9.47 Å². The Morgan fingerprint density at radius 1 is 1.11 bits per heavy atom. The van der Waals surface area contributed by atoms with Crippen molar-refractivity contribution in [3.05, 3.63) is 0 Å². The zero-order chi connectivity index (χ0) is 14.3. The molecule has 3 nitrogen and oxygen atoms in total. The van der Waals surface area contributed by atoms with Gasteiger partial charge in [0, 0.05) is 26.4 Å². The van der Waals surface area contributed by atoms with Gasteiger partial charge in [-0.25, -0.2) is 0 Å². The van der Waals surface area contributed by atoms with Crippen LogP contribution in [0.4, 0.5) is 0 Å². The molecule has 0 rings (SSSR count). The number of hydrogen-bond acceptors (Lipinski definition) is 4. The minimum Gasteiger partial charge on any atom is -0.360 e. The van der Waals surface area contributed by atoms with E-state index in [1.165, 1.54) is 43.5 Å². The minimum absolute atomic E-state index is 0.0410. The number of ether oxygens (including phenoxy) is 2. The van der Waals surface area contributed by atoms with Crippen molar-refractivity contribution in [2.75, 3.05) is 20.0 Å². The molecule has 0 N–H and O–H groups in total. The number of carbonyl (C=O) groups is 1. The third-order valence-electron chi connectivity index (χ3n) is 3.11. The van der Waals surface area contributed by atoms with E-state index in [-0.39, 0.29) is 15.4 Å². The number of carbonyl (C=O) groups excluding carboxylic acids is 1. The van der Waals surface area contributed by atoms with E-state index in [1.54, 1.807) is 14.2 Å². The summed E-state index contributed by atoms with van der Waals surface area (Å²) in [6.45, 7) is 2.21. The fraction of sp³-hybridized carbons (Fsp3) is 0.929. The second kappa shape index (κ2) is 14.6. The van der Waals surface area contributed by atoms with E-state index < -0.39 is 0 Å². The molecular weight excluding hydrogens is 276 g/mol. The van der Waals surface area contributed by atoms with Crippen LogP contribution in [0.15, 0.2) is 0 Å². The molecule has 0 atom stereocenters. The number of unbranched alkanes of at least 4 members (excludes halogenated alkanes) is 4. The van der Waals surface area contributed by atoms with E-state index in [0.29, 0.717) is 5.12 Å². The van der Waals surface area contributed by atoms with Gasteiger partial charge in [0.25, 0.3) is 0 Å². The van der Waals surface area contributed by atoms with E-state index in [0.717, 1.165) is 25.0 Å². The van der Waals surface area contributed by atoms with Gasteiger partial charge in [-0.2, -0.15) is 0 Å². The Morgan fingerprint density at radius 2 is 1.79 bits per heavy atom. The molecule has 0 aliphatic heterocycles. The van der Waals surface area contributed by atoms with E-state index in [9.17, 15) is 4.79 Å². The van der Waals surface area contributed by atoms with Crippen molar-refractivity contribution in [3.8, 4) is 0 Å². The quantitative estimate of drug-likeness (QED) is 0.297. The van der Waals surface area contributed by atoms with Gasteiger partial charge >= 0.3 is 0 Å². The maximum atomic E-state index is 11.6. The molecule has 0 unspecified atom stereocenters. The maximum absolute atomic E-state index is 11.6. The van der Waals surface area contributed by atoms with Crippen molar-refractivity contribution in [1.82, 2.24) is 0 Å². The fourth-order valence-corrected chi connectivity index (χ4v) is 4.45. The Kier molecular flexibility index (Phi) is 14.7. The third kappa shape index (κ3) is 12.9. The first-order chi connectivity index (χ1) is 9.24. The standard InChI is InChI=1S/C14H30O3SSi/c1-4-5-6-7-8-10-13(15)18-11-9-12-19-14(16-2)17-3/h14H,4-12,19H2,1-3H3. The van der Waals surface area contributed by atoms with Gasteiger partial charge in [0.1, 0.15) is 5.91 Å². The molecule has 0 bridgehead atoms. The zero-order valence-electron chi connectivity index (χ0n) is 12.8. The lowest BCUT2D eigenvalue weighted by Gasteiger charge is -2.11. The smallest absolute Gasteiger partial charge is 0.188 e. The molecule has 0 fully saturated rings. The van der Waals surface area contributed by atoms with E-state index in [4.69, 9.17) is 9.47 Å². The van der Waals surface area contributed by atoms with Crippen LogP contribution in [0, 0.1) is 0 Å². The summed E-state index contributed by atoms with van der Waals surface area (Å²) in [4.78, 5) is 11.6. The molecule has 0 aromatic carbocycles. The Morgan fingerprint density at radius 3 is 2.42 bits per heavy atom. The summed E-state index contributed by atoms with van der Waals surface area (Å²) >= 11 is 1.51. The molecule has 0 aliphatic rings. The van der Waals surface area contributed by atoms with Crippen molar-refractivity contribution in [2.45, 2.75) is 63.8 Å². The average Bonchev–Trinajstić information content (AvgIpc) is 2.42. The number of thioether (sulfide) groups is 1. The summed E-state index contributed by atoms with van der Waals surface area (Å²) < 4.78 is 10.4. The van der Waals surface area contributed by atoms with Gasteiger partial charge in [0.2, 0.25) is 0 Å². The number of hydrogen-bond donors (Lipinski definition) is 0. The first-order valence-corrected chi connectivity index (χ1v) is 10.3. The summed E-state index contributed by atoms with van der Waals surface area (Å²) in [6.07, 6.45) is 7.97. The predicted molar refractivity (Wildman–Crippen MR) is 86.6 cm³/mol. The van der Waals surface area contributed by atoms with Crippen molar-refractivity contribution < 1.29 is 14.3 Å². The summed E-state index contributed by atoms with van der Waals surface area (Å²) in [5.41, 5.74) is 0. The van der Waals surface area contributed by atoms with Gasteiger partial charge in [-0.1, -0.05) is 50.4 Å². The SMILES string of the molecule is CCCCCCCC(=O)SCCC[SiH2]C(OC)OC. The molecule has 0 radical (unpaired) electrons. The largest absolute Gasteiger partial charge is 0.360 e. The lowest BCUT2D eigenvalue weighted by molar-refractivity contribution is -0.111. The molecule has 0 amide bonds.